The van der Waals surface area contributed by atoms with E-state index in [-0.39, 0.29) is 29.3 Å². The number of anilines is 1. The number of hydrogen-bond acceptors (Lipinski definition) is 4. The molecule has 3 amide bonds. The molecule has 0 aliphatic heterocycles. The summed E-state index contributed by atoms with van der Waals surface area (Å²) < 4.78 is 5.10. The maximum atomic E-state index is 12.9. The van der Waals surface area contributed by atoms with Crippen molar-refractivity contribution in [1.29, 1.82) is 0 Å². The largest absolute Gasteiger partial charge is 0.497 e. The van der Waals surface area contributed by atoms with Crippen molar-refractivity contribution in [3.05, 3.63) is 59.7 Å². The Morgan fingerprint density at radius 1 is 0.833 bits per heavy atom. The second-order valence-corrected chi connectivity index (χ2v) is 7.59. The average molecular weight is 412 g/mol. The van der Waals surface area contributed by atoms with Gasteiger partial charge in [-0.05, 0) is 56.2 Å². The van der Waals surface area contributed by atoms with Gasteiger partial charge in [0.2, 0.25) is 5.91 Å². The average Bonchev–Trinajstić information content (AvgIpc) is 2.71. The molecule has 0 spiro atoms. The maximum absolute atomic E-state index is 12.9. The van der Waals surface area contributed by atoms with Crippen LogP contribution in [0.1, 0.15) is 48.4 Å². The highest BCUT2D eigenvalue weighted by molar-refractivity contribution is 6.09. The minimum atomic E-state index is -0.690. The number of amides is 3. The van der Waals surface area contributed by atoms with Gasteiger partial charge in [0.05, 0.1) is 18.4 Å². The molecule has 0 heterocycles. The van der Waals surface area contributed by atoms with E-state index in [0.717, 1.165) is 0 Å². The van der Waals surface area contributed by atoms with Gasteiger partial charge in [-0.2, -0.15) is 0 Å². The number of methoxy groups -OCH3 is 1. The van der Waals surface area contributed by atoms with E-state index in [2.05, 4.69) is 16.0 Å². The van der Waals surface area contributed by atoms with E-state index < -0.39 is 11.9 Å². The fourth-order valence-corrected chi connectivity index (χ4v) is 2.86. The Kier molecular flexibility index (Phi) is 7.98. The van der Waals surface area contributed by atoms with Crippen LogP contribution >= 0.6 is 0 Å². The lowest BCUT2D eigenvalue weighted by molar-refractivity contribution is -0.124. The predicted molar refractivity (Wildman–Crippen MR) is 117 cm³/mol. The number of para-hydroxylation sites is 1. The number of nitrogens with one attached hydrogen (secondary N) is 3. The third-order valence-electron chi connectivity index (χ3n) is 4.44. The molecule has 0 aliphatic rings. The van der Waals surface area contributed by atoms with Crippen LogP contribution in [0.2, 0.25) is 0 Å². The SMILES string of the molecule is COc1ccc(C(=O)Nc2ccccc2C(=O)N[C@@H](C(=O)NC(C)C)C(C)C)cc1. The zero-order valence-corrected chi connectivity index (χ0v) is 18.0. The molecule has 0 aliphatic carbocycles. The normalized spacial score (nSPS) is 11.7. The van der Waals surface area contributed by atoms with Gasteiger partial charge in [0.15, 0.2) is 0 Å². The van der Waals surface area contributed by atoms with Gasteiger partial charge in [-0.25, -0.2) is 0 Å². The van der Waals surface area contributed by atoms with Crippen LogP contribution in [-0.4, -0.2) is 36.9 Å². The summed E-state index contributed by atoms with van der Waals surface area (Å²) in [6.07, 6.45) is 0. The topological polar surface area (TPSA) is 96.5 Å². The van der Waals surface area contributed by atoms with Crippen LogP contribution < -0.4 is 20.7 Å². The molecule has 0 saturated heterocycles. The van der Waals surface area contributed by atoms with Crippen molar-refractivity contribution < 1.29 is 19.1 Å². The Balaban J connectivity index is 2.19. The molecule has 2 aromatic carbocycles. The highest BCUT2D eigenvalue weighted by Gasteiger charge is 2.26. The Bertz CT molecular complexity index is 892. The number of hydrogen-bond donors (Lipinski definition) is 3. The number of carbonyl (C=O) groups is 3. The zero-order valence-electron chi connectivity index (χ0n) is 18.0. The van der Waals surface area contributed by atoms with Gasteiger partial charge >= 0.3 is 0 Å². The van der Waals surface area contributed by atoms with Crippen molar-refractivity contribution in [2.24, 2.45) is 5.92 Å². The van der Waals surface area contributed by atoms with Crippen molar-refractivity contribution >= 4 is 23.4 Å². The Labute approximate surface area is 177 Å². The van der Waals surface area contributed by atoms with Crippen molar-refractivity contribution in [2.45, 2.75) is 39.8 Å². The fraction of sp³-hybridized carbons (Fsp3) is 0.348. The first-order chi connectivity index (χ1) is 14.2. The quantitative estimate of drug-likeness (QED) is 0.621. The summed E-state index contributed by atoms with van der Waals surface area (Å²) in [4.78, 5) is 38.0. The van der Waals surface area contributed by atoms with Crippen LogP contribution in [0.25, 0.3) is 0 Å². The lowest BCUT2D eigenvalue weighted by Crippen LogP contribution is -2.51. The van der Waals surface area contributed by atoms with Gasteiger partial charge in [0, 0.05) is 11.6 Å². The summed E-state index contributed by atoms with van der Waals surface area (Å²) in [6.45, 7) is 7.45. The molecule has 30 heavy (non-hydrogen) atoms. The minimum absolute atomic E-state index is 0.0354. The maximum Gasteiger partial charge on any atom is 0.255 e. The molecule has 3 N–H and O–H groups in total. The highest BCUT2D eigenvalue weighted by Crippen LogP contribution is 2.18. The molecule has 2 aromatic rings. The minimum Gasteiger partial charge on any atom is -0.497 e. The summed E-state index contributed by atoms with van der Waals surface area (Å²) >= 11 is 0. The molecule has 0 aromatic heterocycles. The molecule has 7 heteroatoms. The third kappa shape index (κ3) is 6.07. The van der Waals surface area contributed by atoms with Crippen molar-refractivity contribution in [3.8, 4) is 5.75 Å². The number of benzene rings is 2. The second-order valence-electron chi connectivity index (χ2n) is 7.59. The fourth-order valence-electron chi connectivity index (χ4n) is 2.86. The molecular weight excluding hydrogens is 382 g/mol. The van der Waals surface area contributed by atoms with Crippen LogP contribution in [0.3, 0.4) is 0 Å². The molecule has 2 rings (SSSR count). The Morgan fingerprint density at radius 3 is 2.03 bits per heavy atom. The molecule has 0 radical (unpaired) electrons. The van der Waals surface area contributed by atoms with Gasteiger partial charge in [-0.1, -0.05) is 26.0 Å². The van der Waals surface area contributed by atoms with Crippen molar-refractivity contribution in [1.82, 2.24) is 10.6 Å². The smallest absolute Gasteiger partial charge is 0.255 e. The van der Waals surface area contributed by atoms with E-state index in [1.165, 1.54) is 0 Å². The van der Waals surface area contributed by atoms with Gasteiger partial charge in [0.25, 0.3) is 11.8 Å². The Morgan fingerprint density at radius 2 is 1.47 bits per heavy atom. The summed E-state index contributed by atoms with van der Waals surface area (Å²) in [7, 11) is 1.55. The van der Waals surface area contributed by atoms with E-state index in [0.29, 0.717) is 17.0 Å². The van der Waals surface area contributed by atoms with E-state index in [1.54, 1.807) is 55.6 Å². The molecule has 7 nitrogen and oxygen atoms in total. The first kappa shape index (κ1) is 22.9. The molecule has 1 atom stereocenters. The first-order valence-corrected chi connectivity index (χ1v) is 9.88. The van der Waals surface area contributed by atoms with Crippen LogP contribution in [-0.2, 0) is 4.79 Å². The molecule has 0 saturated carbocycles. The van der Waals surface area contributed by atoms with E-state index in [9.17, 15) is 14.4 Å². The van der Waals surface area contributed by atoms with E-state index in [4.69, 9.17) is 4.74 Å². The number of ether oxygens (including phenoxy) is 1. The van der Waals surface area contributed by atoms with Gasteiger partial charge in [-0.3, -0.25) is 14.4 Å². The van der Waals surface area contributed by atoms with Gasteiger partial charge in [0.1, 0.15) is 11.8 Å². The molecule has 0 bridgehead atoms. The standard InChI is InChI=1S/C23H29N3O4/c1-14(2)20(23(29)24-15(3)4)26-22(28)18-8-6-7-9-19(18)25-21(27)16-10-12-17(30-5)13-11-16/h6-15,20H,1-5H3,(H,24,29)(H,25,27)(H,26,28)/t20-/m1/s1. The predicted octanol–water partition coefficient (Wildman–Crippen LogP) is 3.23. The van der Waals surface area contributed by atoms with Crippen LogP contribution in [0.5, 0.6) is 5.75 Å². The Hall–Kier alpha value is -3.35. The highest BCUT2D eigenvalue weighted by atomic mass is 16.5. The van der Waals surface area contributed by atoms with Crippen molar-refractivity contribution in [3.63, 3.8) is 0 Å². The van der Waals surface area contributed by atoms with Gasteiger partial charge < -0.3 is 20.7 Å². The van der Waals surface area contributed by atoms with Crippen LogP contribution in [0, 0.1) is 5.92 Å². The molecule has 0 unspecified atom stereocenters. The summed E-state index contributed by atoms with van der Waals surface area (Å²) in [5, 5.41) is 8.38. The van der Waals surface area contributed by atoms with Gasteiger partial charge in [-0.15, -0.1) is 0 Å². The van der Waals surface area contributed by atoms with Crippen LogP contribution in [0.4, 0.5) is 5.69 Å². The van der Waals surface area contributed by atoms with Crippen molar-refractivity contribution in [2.75, 3.05) is 12.4 Å². The third-order valence-corrected chi connectivity index (χ3v) is 4.44. The molecule has 160 valence electrons. The zero-order chi connectivity index (χ0) is 22.3. The van der Waals surface area contributed by atoms with E-state index >= 15 is 0 Å². The summed E-state index contributed by atoms with van der Waals surface area (Å²) in [5.74, 6) is -0.485. The monoisotopic (exact) mass is 411 g/mol. The second kappa shape index (κ2) is 10.4. The summed E-state index contributed by atoms with van der Waals surface area (Å²) in [5.41, 5.74) is 1.08. The van der Waals surface area contributed by atoms with E-state index in [1.807, 2.05) is 27.7 Å². The van der Waals surface area contributed by atoms with Crippen LogP contribution in [0.15, 0.2) is 48.5 Å². The molecule has 0 fully saturated rings. The molecular formula is C23H29N3O4. The number of carbonyl (C=O) groups excluding carboxylic acids is 3. The summed E-state index contributed by atoms with van der Waals surface area (Å²) in [6, 6.07) is 12.6. The first-order valence-electron chi connectivity index (χ1n) is 9.88. The lowest BCUT2D eigenvalue weighted by Gasteiger charge is -2.23. The lowest BCUT2D eigenvalue weighted by atomic mass is 10.0. The number of rotatable bonds is 8.